The summed E-state index contributed by atoms with van der Waals surface area (Å²) in [6.45, 7) is 4.04. The second-order valence-corrected chi connectivity index (χ2v) is 7.17. The monoisotopic (exact) mass is 336 g/mol. The van der Waals surface area contributed by atoms with Crippen molar-refractivity contribution in [3.63, 3.8) is 0 Å². The lowest BCUT2D eigenvalue weighted by atomic mass is 9.90. The lowest BCUT2D eigenvalue weighted by Gasteiger charge is -2.33. The molecule has 0 unspecified atom stereocenters. The number of likely N-dealkylation sites (tertiary alicyclic amines) is 1. The van der Waals surface area contributed by atoms with Crippen LogP contribution in [-0.2, 0) is 17.6 Å². The van der Waals surface area contributed by atoms with Crippen molar-refractivity contribution in [2.45, 2.75) is 45.4 Å². The summed E-state index contributed by atoms with van der Waals surface area (Å²) < 4.78 is 0. The molecule has 2 aromatic rings. The van der Waals surface area contributed by atoms with Crippen molar-refractivity contribution in [2.24, 2.45) is 5.92 Å². The predicted octanol–water partition coefficient (Wildman–Crippen LogP) is 4.19. The Morgan fingerprint density at radius 2 is 1.96 bits per heavy atom. The Morgan fingerprint density at radius 1 is 1.16 bits per heavy atom. The van der Waals surface area contributed by atoms with Gasteiger partial charge in [-0.3, -0.25) is 9.78 Å². The molecule has 1 atom stereocenters. The number of hydrogen-bond donors (Lipinski definition) is 0. The highest BCUT2D eigenvalue weighted by molar-refractivity contribution is 5.76. The molecular weight excluding hydrogens is 308 g/mol. The van der Waals surface area contributed by atoms with Crippen molar-refractivity contribution in [1.82, 2.24) is 9.88 Å². The number of aromatic nitrogens is 1. The predicted molar refractivity (Wildman–Crippen MR) is 101 cm³/mol. The molecule has 1 aliphatic heterocycles. The molecule has 1 aromatic carbocycles. The van der Waals surface area contributed by atoms with Crippen LogP contribution in [0.3, 0.4) is 0 Å². The standard InChI is InChI=1S/C22H28N2O/c1-18-5-2-3-7-21(18)10-8-20-6-4-16-24(17-20)22(25)11-9-19-12-14-23-15-13-19/h2-3,5,7,12-15,20H,4,6,8-11,16-17H2,1H3/t20-/m0/s1. The molecule has 1 saturated heterocycles. The third-order valence-corrected chi connectivity index (χ3v) is 5.33. The van der Waals surface area contributed by atoms with Gasteiger partial charge in [-0.1, -0.05) is 24.3 Å². The number of aryl methyl sites for hydroxylation is 3. The Hall–Kier alpha value is -2.16. The molecule has 25 heavy (non-hydrogen) atoms. The van der Waals surface area contributed by atoms with Gasteiger partial charge in [-0.25, -0.2) is 0 Å². The van der Waals surface area contributed by atoms with E-state index in [1.165, 1.54) is 29.5 Å². The van der Waals surface area contributed by atoms with E-state index in [0.29, 0.717) is 18.2 Å². The second kappa shape index (κ2) is 8.80. The SMILES string of the molecule is Cc1ccccc1CC[C@@H]1CCCN(C(=O)CCc2ccncc2)C1. The maximum atomic E-state index is 12.6. The fraction of sp³-hybridized carbons (Fsp3) is 0.455. The van der Waals surface area contributed by atoms with Crippen LogP contribution in [0, 0.1) is 12.8 Å². The Balaban J connectivity index is 1.47. The fourth-order valence-electron chi connectivity index (χ4n) is 3.74. The van der Waals surface area contributed by atoms with Gasteiger partial charge in [0.05, 0.1) is 0 Å². The minimum Gasteiger partial charge on any atom is -0.342 e. The molecule has 1 fully saturated rings. The van der Waals surface area contributed by atoms with E-state index >= 15 is 0 Å². The number of benzene rings is 1. The number of hydrogen-bond acceptors (Lipinski definition) is 2. The van der Waals surface area contributed by atoms with E-state index in [1.54, 1.807) is 12.4 Å². The van der Waals surface area contributed by atoms with Crippen LogP contribution in [-0.4, -0.2) is 28.9 Å². The zero-order valence-corrected chi connectivity index (χ0v) is 15.2. The lowest BCUT2D eigenvalue weighted by Crippen LogP contribution is -2.40. The van der Waals surface area contributed by atoms with Crippen LogP contribution in [0.15, 0.2) is 48.8 Å². The molecule has 0 radical (unpaired) electrons. The number of piperidine rings is 1. The maximum absolute atomic E-state index is 12.6. The highest BCUT2D eigenvalue weighted by Gasteiger charge is 2.23. The van der Waals surface area contributed by atoms with Gasteiger partial charge in [-0.15, -0.1) is 0 Å². The summed E-state index contributed by atoms with van der Waals surface area (Å²) in [6.07, 6.45) is 9.69. The zero-order valence-electron chi connectivity index (χ0n) is 15.2. The van der Waals surface area contributed by atoms with Crippen molar-refractivity contribution in [3.8, 4) is 0 Å². The van der Waals surface area contributed by atoms with Crippen LogP contribution >= 0.6 is 0 Å². The van der Waals surface area contributed by atoms with Crippen molar-refractivity contribution in [3.05, 3.63) is 65.5 Å². The summed E-state index contributed by atoms with van der Waals surface area (Å²) in [4.78, 5) is 18.7. The van der Waals surface area contributed by atoms with Gasteiger partial charge in [0.1, 0.15) is 0 Å². The molecule has 3 heteroatoms. The third-order valence-electron chi connectivity index (χ3n) is 5.33. The first-order valence-electron chi connectivity index (χ1n) is 9.43. The van der Waals surface area contributed by atoms with Crippen LogP contribution in [0.4, 0.5) is 0 Å². The summed E-state index contributed by atoms with van der Waals surface area (Å²) in [7, 11) is 0. The highest BCUT2D eigenvalue weighted by atomic mass is 16.2. The van der Waals surface area contributed by atoms with Gasteiger partial charge in [0.15, 0.2) is 0 Å². The average molecular weight is 336 g/mol. The molecule has 3 nitrogen and oxygen atoms in total. The van der Waals surface area contributed by atoms with Crippen molar-refractivity contribution < 1.29 is 4.79 Å². The van der Waals surface area contributed by atoms with Gasteiger partial charge in [0.2, 0.25) is 5.91 Å². The quantitative estimate of drug-likeness (QED) is 0.792. The van der Waals surface area contributed by atoms with E-state index in [1.807, 2.05) is 12.1 Å². The first kappa shape index (κ1) is 17.7. The van der Waals surface area contributed by atoms with E-state index in [4.69, 9.17) is 0 Å². The van der Waals surface area contributed by atoms with Gasteiger partial charge < -0.3 is 4.90 Å². The summed E-state index contributed by atoms with van der Waals surface area (Å²) in [6, 6.07) is 12.6. The van der Waals surface area contributed by atoms with Crippen LogP contribution in [0.5, 0.6) is 0 Å². The summed E-state index contributed by atoms with van der Waals surface area (Å²) in [5.74, 6) is 0.940. The van der Waals surface area contributed by atoms with Crippen LogP contribution in [0.25, 0.3) is 0 Å². The van der Waals surface area contributed by atoms with Crippen molar-refractivity contribution in [1.29, 1.82) is 0 Å². The molecule has 1 aliphatic rings. The van der Waals surface area contributed by atoms with E-state index in [-0.39, 0.29) is 0 Å². The van der Waals surface area contributed by atoms with Crippen LogP contribution in [0.1, 0.15) is 42.4 Å². The summed E-state index contributed by atoms with van der Waals surface area (Å²) in [5.41, 5.74) is 4.02. The van der Waals surface area contributed by atoms with E-state index in [0.717, 1.165) is 32.4 Å². The first-order valence-corrected chi connectivity index (χ1v) is 9.43. The molecule has 1 amide bonds. The molecule has 3 rings (SSSR count). The van der Waals surface area contributed by atoms with Crippen LogP contribution in [0.2, 0.25) is 0 Å². The van der Waals surface area contributed by atoms with Crippen molar-refractivity contribution >= 4 is 5.91 Å². The third kappa shape index (κ3) is 5.15. The molecule has 0 saturated carbocycles. The summed E-state index contributed by atoms with van der Waals surface area (Å²) >= 11 is 0. The number of pyridine rings is 1. The van der Waals surface area contributed by atoms with E-state index < -0.39 is 0 Å². The fourth-order valence-corrected chi connectivity index (χ4v) is 3.74. The average Bonchev–Trinajstić information content (AvgIpc) is 2.66. The topological polar surface area (TPSA) is 33.2 Å². The maximum Gasteiger partial charge on any atom is 0.222 e. The van der Waals surface area contributed by atoms with Gasteiger partial charge in [-0.2, -0.15) is 0 Å². The lowest BCUT2D eigenvalue weighted by molar-refractivity contribution is -0.133. The Labute approximate surface area is 151 Å². The molecule has 0 aliphatic carbocycles. The zero-order chi connectivity index (χ0) is 17.5. The summed E-state index contributed by atoms with van der Waals surface area (Å²) in [5, 5.41) is 0. The molecule has 0 spiro atoms. The van der Waals surface area contributed by atoms with Crippen LogP contribution < -0.4 is 0 Å². The second-order valence-electron chi connectivity index (χ2n) is 7.17. The molecule has 1 aromatic heterocycles. The minimum absolute atomic E-state index is 0.303. The Bertz CT molecular complexity index is 683. The largest absolute Gasteiger partial charge is 0.342 e. The number of rotatable bonds is 6. The van der Waals surface area contributed by atoms with Crippen molar-refractivity contribution in [2.75, 3.05) is 13.1 Å². The normalized spacial score (nSPS) is 17.5. The molecule has 2 heterocycles. The Kier molecular flexibility index (Phi) is 6.21. The van der Waals surface area contributed by atoms with E-state index in [9.17, 15) is 4.79 Å². The van der Waals surface area contributed by atoms with Gasteiger partial charge in [0, 0.05) is 31.9 Å². The number of amides is 1. The molecular formula is C22H28N2O. The first-order chi connectivity index (χ1) is 12.2. The Morgan fingerprint density at radius 3 is 2.76 bits per heavy atom. The number of carbonyl (C=O) groups excluding carboxylic acids is 1. The van der Waals surface area contributed by atoms with Gasteiger partial charge in [-0.05, 0) is 73.8 Å². The van der Waals surface area contributed by atoms with Gasteiger partial charge >= 0.3 is 0 Å². The number of carbonyl (C=O) groups is 1. The minimum atomic E-state index is 0.303. The molecule has 132 valence electrons. The van der Waals surface area contributed by atoms with Gasteiger partial charge in [0.25, 0.3) is 0 Å². The smallest absolute Gasteiger partial charge is 0.222 e. The molecule has 0 bridgehead atoms. The molecule has 0 N–H and O–H groups in total. The highest BCUT2D eigenvalue weighted by Crippen LogP contribution is 2.23. The number of nitrogens with zero attached hydrogens (tertiary/aromatic N) is 2. The van der Waals surface area contributed by atoms with E-state index in [2.05, 4.69) is 41.1 Å².